The highest BCUT2D eigenvalue weighted by Gasteiger charge is 2.45. The summed E-state index contributed by atoms with van der Waals surface area (Å²) in [5.41, 5.74) is 0.443. The zero-order chi connectivity index (χ0) is 15.7. The predicted molar refractivity (Wildman–Crippen MR) is 73.2 cm³/mol. The van der Waals surface area contributed by atoms with Crippen molar-refractivity contribution in [1.82, 2.24) is 0 Å². The average Bonchev–Trinajstić information content (AvgIpc) is 2.62. The molecule has 0 saturated heterocycles. The molecule has 0 spiro atoms. The minimum atomic E-state index is -4.73. The maximum Gasteiger partial charge on any atom is 0.573 e. The summed E-state index contributed by atoms with van der Waals surface area (Å²) < 4.78 is 41.0. The Hall–Kier alpha value is -1.72. The molecule has 0 atom stereocenters. The molecule has 6 heteroatoms. The van der Waals surface area contributed by atoms with Gasteiger partial charge in [-0.1, -0.05) is 26.7 Å². The number of carbonyl (C=O) groups is 1. The van der Waals surface area contributed by atoms with Crippen molar-refractivity contribution in [2.75, 3.05) is 5.32 Å². The van der Waals surface area contributed by atoms with Crippen molar-refractivity contribution >= 4 is 11.6 Å². The number of ether oxygens (including phenoxy) is 1. The molecule has 2 rings (SSSR count). The molecule has 116 valence electrons. The lowest BCUT2D eigenvalue weighted by Gasteiger charge is -2.27. The van der Waals surface area contributed by atoms with Gasteiger partial charge < -0.3 is 10.1 Å². The Morgan fingerprint density at radius 1 is 1.19 bits per heavy atom. The molecule has 1 heterocycles. The third-order valence-corrected chi connectivity index (χ3v) is 3.78. The predicted octanol–water partition coefficient (Wildman–Crippen LogP) is 4.38. The summed E-state index contributed by atoms with van der Waals surface area (Å²) in [6, 6.07) is 4.04. The normalized spacial score (nSPS) is 16.5. The summed E-state index contributed by atoms with van der Waals surface area (Å²) in [6.45, 7) is 3.91. The van der Waals surface area contributed by atoms with Gasteiger partial charge in [-0.3, -0.25) is 4.79 Å². The molecular formula is C15H18F3NO2. The number of halogens is 3. The molecule has 0 aromatic heterocycles. The summed E-state index contributed by atoms with van der Waals surface area (Å²) in [4.78, 5) is 12.4. The van der Waals surface area contributed by atoms with Crippen molar-refractivity contribution in [2.24, 2.45) is 0 Å². The summed E-state index contributed by atoms with van der Waals surface area (Å²) in [6.07, 6.45) is -1.97. The van der Waals surface area contributed by atoms with Gasteiger partial charge >= 0.3 is 6.36 Å². The van der Waals surface area contributed by atoms with Crippen molar-refractivity contribution in [1.29, 1.82) is 0 Å². The summed E-state index contributed by atoms with van der Waals surface area (Å²) in [7, 11) is 0. The van der Waals surface area contributed by atoms with E-state index in [9.17, 15) is 18.0 Å². The van der Waals surface area contributed by atoms with Crippen molar-refractivity contribution in [3.05, 3.63) is 23.8 Å². The standard InChI is InChI=1S/C15H18F3NO2/c1-3-7-14(8-4-2)11-9-10(21-15(16,17)18)5-6-12(11)19-13(14)20/h5-6,9H,3-4,7-8H2,1-2H3,(H,19,20). The Balaban J connectivity index is 2.45. The first-order chi connectivity index (χ1) is 9.82. The molecule has 0 saturated carbocycles. The minimum absolute atomic E-state index is 0.134. The highest BCUT2D eigenvalue weighted by molar-refractivity contribution is 6.06. The Morgan fingerprint density at radius 2 is 1.81 bits per heavy atom. The first-order valence-electron chi connectivity index (χ1n) is 7.04. The first-order valence-corrected chi connectivity index (χ1v) is 7.04. The third kappa shape index (κ3) is 2.99. The molecule has 1 aromatic carbocycles. The second-order valence-electron chi connectivity index (χ2n) is 5.29. The summed E-state index contributed by atoms with van der Waals surface area (Å²) >= 11 is 0. The van der Waals surface area contributed by atoms with Crippen LogP contribution in [0.3, 0.4) is 0 Å². The SMILES string of the molecule is CCCC1(CCC)C(=O)Nc2ccc(OC(F)(F)F)cc21. The van der Waals surface area contributed by atoms with E-state index in [4.69, 9.17) is 0 Å². The third-order valence-electron chi connectivity index (χ3n) is 3.78. The van der Waals surface area contributed by atoms with Gasteiger partial charge in [0, 0.05) is 5.69 Å². The molecule has 0 bridgehead atoms. The van der Waals surface area contributed by atoms with Gasteiger partial charge in [0.05, 0.1) is 5.41 Å². The molecule has 1 aromatic rings. The highest BCUT2D eigenvalue weighted by atomic mass is 19.4. The second-order valence-corrected chi connectivity index (χ2v) is 5.29. The van der Waals surface area contributed by atoms with Gasteiger partial charge in [-0.05, 0) is 36.6 Å². The highest BCUT2D eigenvalue weighted by Crippen LogP contribution is 2.46. The fraction of sp³-hybridized carbons (Fsp3) is 0.533. The van der Waals surface area contributed by atoms with Crippen molar-refractivity contribution < 1.29 is 22.7 Å². The molecular weight excluding hydrogens is 283 g/mol. The van der Waals surface area contributed by atoms with Crippen LogP contribution in [0.2, 0.25) is 0 Å². The van der Waals surface area contributed by atoms with Crippen LogP contribution in [0.1, 0.15) is 45.1 Å². The lowest BCUT2D eigenvalue weighted by Crippen LogP contribution is -2.34. The van der Waals surface area contributed by atoms with Gasteiger partial charge in [-0.25, -0.2) is 0 Å². The van der Waals surface area contributed by atoms with Crippen LogP contribution in [0.25, 0.3) is 0 Å². The maximum absolute atomic E-state index is 12.4. The summed E-state index contributed by atoms with van der Waals surface area (Å²) in [5.74, 6) is -0.417. The van der Waals surface area contributed by atoms with E-state index in [0.29, 0.717) is 24.1 Å². The number of amides is 1. The van der Waals surface area contributed by atoms with Gasteiger partial charge in [0.1, 0.15) is 5.75 Å². The van der Waals surface area contributed by atoms with Gasteiger partial charge in [0.2, 0.25) is 5.91 Å². The number of carbonyl (C=O) groups excluding carboxylic acids is 1. The van der Waals surface area contributed by atoms with Crippen LogP contribution in [0.4, 0.5) is 18.9 Å². The molecule has 1 aliphatic heterocycles. The van der Waals surface area contributed by atoms with E-state index in [1.165, 1.54) is 18.2 Å². The Labute approximate surface area is 121 Å². The fourth-order valence-corrected chi connectivity index (χ4v) is 3.06. The first kappa shape index (κ1) is 15.7. The zero-order valence-electron chi connectivity index (χ0n) is 12.0. The number of alkyl halides is 3. The largest absolute Gasteiger partial charge is 0.573 e. The number of benzene rings is 1. The van der Waals surface area contributed by atoms with Gasteiger partial charge in [-0.2, -0.15) is 0 Å². The topological polar surface area (TPSA) is 38.3 Å². The van der Waals surface area contributed by atoms with Crippen LogP contribution < -0.4 is 10.1 Å². The lowest BCUT2D eigenvalue weighted by atomic mass is 9.74. The molecule has 0 fully saturated rings. The van der Waals surface area contributed by atoms with E-state index in [-0.39, 0.29) is 11.7 Å². The van der Waals surface area contributed by atoms with E-state index in [1.807, 2.05) is 13.8 Å². The van der Waals surface area contributed by atoms with E-state index in [1.54, 1.807) is 0 Å². The monoisotopic (exact) mass is 301 g/mol. The second kappa shape index (κ2) is 5.58. The average molecular weight is 301 g/mol. The van der Waals surface area contributed by atoms with Gasteiger partial charge in [-0.15, -0.1) is 13.2 Å². The maximum atomic E-state index is 12.4. The Morgan fingerprint density at radius 3 is 2.33 bits per heavy atom. The number of hydrogen-bond acceptors (Lipinski definition) is 2. The molecule has 3 nitrogen and oxygen atoms in total. The number of nitrogens with one attached hydrogen (secondary N) is 1. The number of hydrogen-bond donors (Lipinski definition) is 1. The number of fused-ring (bicyclic) bond motifs is 1. The quantitative estimate of drug-likeness (QED) is 0.876. The Bertz CT molecular complexity index is 534. The zero-order valence-corrected chi connectivity index (χ0v) is 12.0. The molecule has 1 N–H and O–H groups in total. The van der Waals surface area contributed by atoms with Crippen LogP contribution in [0.15, 0.2) is 18.2 Å². The number of anilines is 1. The molecule has 0 radical (unpaired) electrons. The van der Waals surface area contributed by atoms with Gasteiger partial charge in [0.25, 0.3) is 0 Å². The van der Waals surface area contributed by atoms with Crippen LogP contribution in [0, 0.1) is 0 Å². The molecule has 1 aliphatic rings. The van der Waals surface area contributed by atoms with Crippen molar-refractivity contribution in [3.63, 3.8) is 0 Å². The molecule has 0 unspecified atom stereocenters. The van der Waals surface area contributed by atoms with Crippen molar-refractivity contribution in [2.45, 2.75) is 51.3 Å². The molecule has 1 amide bonds. The van der Waals surface area contributed by atoms with E-state index in [2.05, 4.69) is 10.1 Å². The minimum Gasteiger partial charge on any atom is -0.406 e. The smallest absolute Gasteiger partial charge is 0.406 e. The fourth-order valence-electron chi connectivity index (χ4n) is 3.06. The molecule has 0 aliphatic carbocycles. The number of rotatable bonds is 5. The summed E-state index contributed by atoms with van der Waals surface area (Å²) in [5, 5.41) is 2.77. The van der Waals surface area contributed by atoms with Crippen molar-refractivity contribution in [3.8, 4) is 5.75 Å². The van der Waals surface area contributed by atoms with Crippen LogP contribution in [-0.2, 0) is 10.2 Å². The van der Waals surface area contributed by atoms with E-state index in [0.717, 1.165) is 12.8 Å². The lowest BCUT2D eigenvalue weighted by molar-refractivity contribution is -0.274. The Kier molecular flexibility index (Phi) is 4.16. The van der Waals surface area contributed by atoms with E-state index >= 15 is 0 Å². The molecule has 21 heavy (non-hydrogen) atoms. The van der Waals surface area contributed by atoms with Gasteiger partial charge in [0.15, 0.2) is 0 Å². The van der Waals surface area contributed by atoms with Crippen LogP contribution in [-0.4, -0.2) is 12.3 Å². The van der Waals surface area contributed by atoms with E-state index < -0.39 is 11.8 Å². The van der Waals surface area contributed by atoms with Crippen LogP contribution in [0.5, 0.6) is 5.75 Å². The van der Waals surface area contributed by atoms with Crippen LogP contribution >= 0.6 is 0 Å².